The van der Waals surface area contributed by atoms with Gasteiger partial charge in [-0.15, -0.1) is 0 Å². The average molecular weight is 269 g/mol. The van der Waals surface area contributed by atoms with E-state index in [1.807, 2.05) is 6.92 Å². The second-order valence-corrected chi connectivity index (χ2v) is 5.88. The van der Waals surface area contributed by atoms with E-state index in [1.54, 1.807) is 11.9 Å². The van der Waals surface area contributed by atoms with E-state index in [4.69, 9.17) is 0 Å². The van der Waals surface area contributed by atoms with E-state index in [1.165, 1.54) is 0 Å². The molecule has 4 unspecified atom stereocenters. The van der Waals surface area contributed by atoms with Crippen molar-refractivity contribution >= 4 is 11.9 Å². The van der Waals surface area contributed by atoms with E-state index in [2.05, 4.69) is 13.8 Å². The van der Waals surface area contributed by atoms with Crippen molar-refractivity contribution in [2.24, 2.45) is 17.8 Å². The maximum absolute atomic E-state index is 12.5. The van der Waals surface area contributed by atoms with Crippen molar-refractivity contribution in [1.29, 1.82) is 0 Å². The molecule has 0 aromatic carbocycles. The van der Waals surface area contributed by atoms with Gasteiger partial charge in [-0.05, 0) is 32.1 Å². The van der Waals surface area contributed by atoms with Crippen LogP contribution in [0.5, 0.6) is 0 Å². The SMILES string of the molecule is CCCC(C)N(C)C(=O)C1CC(CC)CC1C(=O)O. The number of nitrogens with zero attached hydrogens (tertiary/aromatic N) is 1. The molecule has 0 spiro atoms. The Balaban J connectivity index is 2.76. The van der Waals surface area contributed by atoms with Crippen molar-refractivity contribution in [3.8, 4) is 0 Å². The summed E-state index contributed by atoms with van der Waals surface area (Å²) in [6.45, 7) is 6.20. The van der Waals surface area contributed by atoms with Gasteiger partial charge >= 0.3 is 5.97 Å². The summed E-state index contributed by atoms with van der Waals surface area (Å²) < 4.78 is 0. The Labute approximate surface area is 116 Å². The molecule has 0 aromatic rings. The summed E-state index contributed by atoms with van der Waals surface area (Å²) in [4.78, 5) is 25.6. The van der Waals surface area contributed by atoms with Crippen LogP contribution in [0.4, 0.5) is 0 Å². The number of hydrogen-bond donors (Lipinski definition) is 1. The van der Waals surface area contributed by atoms with E-state index < -0.39 is 11.9 Å². The van der Waals surface area contributed by atoms with Crippen LogP contribution in [-0.4, -0.2) is 35.0 Å². The predicted molar refractivity (Wildman–Crippen MR) is 74.8 cm³/mol. The lowest BCUT2D eigenvalue weighted by Crippen LogP contribution is -2.41. The highest BCUT2D eigenvalue weighted by atomic mass is 16.4. The molecule has 1 fully saturated rings. The van der Waals surface area contributed by atoms with Crippen molar-refractivity contribution in [2.75, 3.05) is 7.05 Å². The van der Waals surface area contributed by atoms with Gasteiger partial charge in [0, 0.05) is 13.1 Å². The number of hydrogen-bond acceptors (Lipinski definition) is 2. The van der Waals surface area contributed by atoms with Crippen LogP contribution < -0.4 is 0 Å². The molecule has 4 heteroatoms. The summed E-state index contributed by atoms with van der Waals surface area (Å²) in [5.74, 6) is -1.24. The molecule has 1 rings (SSSR count). The summed E-state index contributed by atoms with van der Waals surface area (Å²) in [7, 11) is 1.81. The number of carbonyl (C=O) groups excluding carboxylic acids is 1. The Morgan fingerprint density at radius 1 is 1.26 bits per heavy atom. The zero-order valence-corrected chi connectivity index (χ0v) is 12.6. The lowest BCUT2D eigenvalue weighted by Gasteiger charge is -2.28. The molecule has 0 aromatic heterocycles. The van der Waals surface area contributed by atoms with E-state index in [0.717, 1.165) is 25.7 Å². The first-order valence-electron chi connectivity index (χ1n) is 7.41. The Kier molecular flexibility index (Phi) is 5.83. The molecule has 0 aliphatic heterocycles. The van der Waals surface area contributed by atoms with Gasteiger partial charge < -0.3 is 10.0 Å². The van der Waals surface area contributed by atoms with Crippen molar-refractivity contribution in [2.45, 2.75) is 58.9 Å². The minimum absolute atomic E-state index is 0.0179. The number of carbonyl (C=O) groups is 2. The van der Waals surface area contributed by atoms with Crippen LogP contribution in [0, 0.1) is 17.8 Å². The Morgan fingerprint density at radius 3 is 2.32 bits per heavy atom. The first-order valence-corrected chi connectivity index (χ1v) is 7.41. The molecule has 1 amide bonds. The fourth-order valence-electron chi connectivity index (χ4n) is 3.11. The average Bonchev–Trinajstić information content (AvgIpc) is 2.81. The zero-order chi connectivity index (χ0) is 14.6. The maximum Gasteiger partial charge on any atom is 0.307 e. The van der Waals surface area contributed by atoms with Gasteiger partial charge in [0.2, 0.25) is 5.91 Å². The topological polar surface area (TPSA) is 57.6 Å². The highest BCUT2D eigenvalue weighted by molar-refractivity contribution is 5.85. The molecule has 0 saturated heterocycles. The van der Waals surface area contributed by atoms with Crippen LogP contribution in [0.25, 0.3) is 0 Å². The molecule has 0 heterocycles. The summed E-state index contributed by atoms with van der Waals surface area (Å²) in [6.07, 6.45) is 4.34. The van der Waals surface area contributed by atoms with Gasteiger partial charge in [0.1, 0.15) is 0 Å². The number of carboxylic acids is 1. The van der Waals surface area contributed by atoms with E-state index in [-0.39, 0.29) is 17.9 Å². The predicted octanol–water partition coefficient (Wildman–Crippen LogP) is 2.77. The third-order valence-electron chi connectivity index (χ3n) is 4.59. The molecule has 1 saturated carbocycles. The number of aliphatic carboxylic acids is 1. The quantitative estimate of drug-likeness (QED) is 0.806. The van der Waals surface area contributed by atoms with Crippen LogP contribution in [0.3, 0.4) is 0 Å². The van der Waals surface area contributed by atoms with Gasteiger partial charge in [0.15, 0.2) is 0 Å². The van der Waals surface area contributed by atoms with Crippen molar-refractivity contribution < 1.29 is 14.7 Å². The van der Waals surface area contributed by atoms with Crippen LogP contribution in [0.1, 0.15) is 52.9 Å². The van der Waals surface area contributed by atoms with Gasteiger partial charge in [-0.1, -0.05) is 26.7 Å². The van der Waals surface area contributed by atoms with Crippen LogP contribution in [-0.2, 0) is 9.59 Å². The lowest BCUT2D eigenvalue weighted by atomic mass is 9.94. The van der Waals surface area contributed by atoms with Gasteiger partial charge in [0.25, 0.3) is 0 Å². The molecule has 4 nitrogen and oxygen atoms in total. The fourth-order valence-corrected chi connectivity index (χ4v) is 3.11. The highest BCUT2D eigenvalue weighted by Crippen LogP contribution is 2.39. The molecule has 1 aliphatic rings. The second kappa shape index (κ2) is 6.92. The zero-order valence-electron chi connectivity index (χ0n) is 12.6. The third-order valence-corrected chi connectivity index (χ3v) is 4.59. The van der Waals surface area contributed by atoms with Crippen molar-refractivity contribution in [3.05, 3.63) is 0 Å². The summed E-state index contributed by atoms with van der Waals surface area (Å²) >= 11 is 0. The molecular formula is C15H27NO3. The summed E-state index contributed by atoms with van der Waals surface area (Å²) in [6, 6.07) is 0.188. The fraction of sp³-hybridized carbons (Fsp3) is 0.867. The Bertz CT molecular complexity index is 329. The smallest absolute Gasteiger partial charge is 0.307 e. The Hall–Kier alpha value is -1.06. The minimum Gasteiger partial charge on any atom is -0.481 e. The van der Waals surface area contributed by atoms with Crippen molar-refractivity contribution in [1.82, 2.24) is 4.90 Å². The third kappa shape index (κ3) is 3.71. The molecule has 4 atom stereocenters. The minimum atomic E-state index is -0.814. The standard InChI is InChI=1S/C15H27NO3/c1-5-7-10(3)16(4)14(17)12-8-11(6-2)9-13(12)15(18)19/h10-13H,5-9H2,1-4H3,(H,18,19). The largest absolute Gasteiger partial charge is 0.481 e. The molecule has 0 bridgehead atoms. The van der Waals surface area contributed by atoms with E-state index >= 15 is 0 Å². The molecule has 1 N–H and O–H groups in total. The summed E-state index contributed by atoms with van der Waals surface area (Å²) in [5.41, 5.74) is 0. The van der Waals surface area contributed by atoms with Crippen molar-refractivity contribution in [3.63, 3.8) is 0 Å². The number of amides is 1. The van der Waals surface area contributed by atoms with Crippen LogP contribution in [0.2, 0.25) is 0 Å². The van der Waals surface area contributed by atoms with Gasteiger partial charge in [-0.3, -0.25) is 9.59 Å². The summed E-state index contributed by atoms with van der Waals surface area (Å²) in [5, 5.41) is 9.30. The first kappa shape index (κ1) is 16.0. The molecular weight excluding hydrogens is 242 g/mol. The van der Waals surface area contributed by atoms with E-state index in [0.29, 0.717) is 12.3 Å². The lowest BCUT2D eigenvalue weighted by molar-refractivity contribution is -0.149. The highest BCUT2D eigenvalue weighted by Gasteiger charge is 2.43. The van der Waals surface area contributed by atoms with Crippen LogP contribution in [0.15, 0.2) is 0 Å². The molecule has 0 radical (unpaired) electrons. The monoisotopic (exact) mass is 269 g/mol. The maximum atomic E-state index is 12.5. The molecule has 1 aliphatic carbocycles. The first-order chi connectivity index (χ1) is 8.92. The van der Waals surface area contributed by atoms with Crippen LogP contribution >= 0.6 is 0 Å². The van der Waals surface area contributed by atoms with E-state index in [9.17, 15) is 14.7 Å². The number of carboxylic acid groups (broad SMARTS) is 1. The Morgan fingerprint density at radius 2 is 1.84 bits per heavy atom. The van der Waals surface area contributed by atoms with Gasteiger partial charge in [-0.2, -0.15) is 0 Å². The molecule has 110 valence electrons. The van der Waals surface area contributed by atoms with Gasteiger partial charge in [-0.25, -0.2) is 0 Å². The normalized spacial score (nSPS) is 28.1. The van der Waals surface area contributed by atoms with Gasteiger partial charge in [0.05, 0.1) is 11.8 Å². The second-order valence-electron chi connectivity index (χ2n) is 5.88. The number of rotatable bonds is 6. The molecule has 19 heavy (non-hydrogen) atoms.